The molecule has 0 saturated carbocycles. The van der Waals surface area contributed by atoms with E-state index in [1.807, 2.05) is 0 Å². The summed E-state index contributed by atoms with van der Waals surface area (Å²) in [5.41, 5.74) is 0.493. The molecule has 2 aromatic rings. The highest BCUT2D eigenvalue weighted by Crippen LogP contribution is 2.21. The Kier molecular flexibility index (Phi) is 6.64. The highest BCUT2D eigenvalue weighted by molar-refractivity contribution is 7.89. The van der Waals surface area contributed by atoms with Gasteiger partial charge in [0.05, 0.1) is 4.90 Å². The average molecular weight is 422 g/mol. The Morgan fingerprint density at radius 1 is 1.00 bits per heavy atom. The summed E-state index contributed by atoms with van der Waals surface area (Å²) in [5.74, 6) is -1.78. The number of sulfonamides is 1. The van der Waals surface area contributed by atoms with E-state index in [-0.39, 0.29) is 22.9 Å². The molecule has 3 rings (SSSR count). The Labute approximate surface area is 170 Å². The summed E-state index contributed by atoms with van der Waals surface area (Å²) in [7, 11) is -2.08. The number of halogens is 2. The molecule has 0 radical (unpaired) electrons. The maximum Gasteiger partial charge on any atom is 0.253 e. The predicted molar refractivity (Wildman–Crippen MR) is 106 cm³/mol. The molecule has 0 aliphatic carbocycles. The second-order valence-corrected chi connectivity index (χ2v) is 9.18. The van der Waals surface area contributed by atoms with Gasteiger partial charge in [0.15, 0.2) is 0 Å². The lowest BCUT2D eigenvalue weighted by atomic mass is 10.1. The second kappa shape index (κ2) is 9.00. The fraction of sp³-hybridized carbons (Fsp3) is 0.381. The van der Waals surface area contributed by atoms with E-state index in [0.29, 0.717) is 18.7 Å². The molecule has 0 atom stereocenters. The number of nitrogens with zero attached hydrogens (tertiary/aromatic N) is 2. The SMILES string of the molecule is CN(Cc1ccc(F)cc1F)C(=O)c1ccc(S(=O)(=O)N2CCCCCC2)cc1. The second-order valence-electron chi connectivity index (χ2n) is 7.24. The van der Waals surface area contributed by atoms with Crippen LogP contribution in [-0.4, -0.2) is 43.7 Å². The van der Waals surface area contributed by atoms with Crippen LogP contribution in [0.2, 0.25) is 0 Å². The molecule has 1 aliphatic heterocycles. The number of carbonyl (C=O) groups excluding carboxylic acids is 1. The topological polar surface area (TPSA) is 57.7 Å². The van der Waals surface area contributed by atoms with Crippen molar-refractivity contribution in [2.45, 2.75) is 37.1 Å². The quantitative estimate of drug-likeness (QED) is 0.737. The molecule has 0 unspecified atom stereocenters. The molecule has 0 spiro atoms. The number of hydrogen-bond donors (Lipinski definition) is 0. The third-order valence-corrected chi connectivity index (χ3v) is 6.99. The molecule has 2 aromatic carbocycles. The van der Waals surface area contributed by atoms with Gasteiger partial charge in [0.2, 0.25) is 10.0 Å². The molecule has 5 nitrogen and oxygen atoms in total. The molecule has 1 aliphatic rings. The third kappa shape index (κ3) is 5.00. The maximum absolute atomic E-state index is 13.8. The zero-order valence-corrected chi connectivity index (χ0v) is 17.1. The summed E-state index contributed by atoms with van der Waals surface area (Å²) in [5, 5.41) is 0. The van der Waals surface area contributed by atoms with Crippen molar-refractivity contribution in [1.29, 1.82) is 0 Å². The van der Waals surface area contributed by atoms with Gasteiger partial charge in [-0.25, -0.2) is 17.2 Å². The maximum atomic E-state index is 13.8. The van der Waals surface area contributed by atoms with Crippen LogP contribution in [0.15, 0.2) is 47.4 Å². The van der Waals surface area contributed by atoms with Crippen LogP contribution in [-0.2, 0) is 16.6 Å². The first-order chi connectivity index (χ1) is 13.8. The van der Waals surface area contributed by atoms with Crippen LogP contribution >= 0.6 is 0 Å². The molecule has 1 saturated heterocycles. The molecule has 156 valence electrons. The molecule has 8 heteroatoms. The van der Waals surface area contributed by atoms with Gasteiger partial charge in [-0.2, -0.15) is 4.31 Å². The highest BCUT2D eigenvalue weighted by Gasteiger charge is 2.25. The number of benzene rings is 2. The zero-order chi connectivity index (χ0) is 21.0. The van der Waals surface area contributed by atoms with Crippen LogP contribution in [0.25, 0.3) is 0 Å². The molecular weight excluding hydrogens is 398 g/mol. The Morgan fingerprint density at radius 3 is 2.21 bits per heavy atom. The summed E-state index contributed by atoms with van der Waals surface area (Å²) >= 11 is 0. The first-order valence-electron chi connectivity index (χ1n) is 9.58. The summed E-state index contributed by atoms with van der Waals surface area (Å²) in [6.07, 6.45) is 3.75. The summed E-state index contributed by atoms with van der Waals surface area (Å²) in [4.78, 5) is 14.1. The van der Waals surface area contributed by atoms with Crippen molar-refractivity contribution in [1.82, 2.24) is 9.21 Å². The normalized spacial score (nSPS) is 15.7. The molecule has 0 bridgehead atoms. The van der Waals surface area contributed by atoms with Crippen LogP contribution in [0.1, 0.15) is 41.6 Å². The van der Waals surface area contributed by atoms with E-state index < -0.39 is 21.7 Å². The summed E-state index contributed by atoms with van der Waals surface area (Å²) in [6, 6.07) is 9.00. The predicted octanol–water partition coefficient (Wildman–Crippen LogP) is 3.80. The van der Waals surface area contributed by atoms with Crippen molar-refractivity contribution >= 4 is 15.9 Å². The van der Waals surface area contributed by atoms with E-state index in [4.69, 9.17) is 0 Å². The molecule has 1 amide bonds. The molecule has 0 aromatic heterocycles. The van der Waals surface area contributed by atoms with Crippen molar-refractivity contribution in [3.05, 3.63) is 65.2 Å². The average Bonchev–Trinajstić information content (AvgIpc) is 3.00. The minimum absolute atomic E-state index is 0.0290. The monoisotopic (exact) mass is 422 g/mol. The zero-order valence-electron chi connectivity index (χ0n) is 16.3. The van der Waals surface area contributed by atoms with E-state index >= 15 is 0 Å². The van der Waals surface area contributed by atoms with Crippen molar-refractivity contribution in [3.63, 3.8) is 0 Å². The van der Waals surface area contributed by atoms with Gasteiger partial charge in [-0.3, -0.25) is 4.79 Å². The van der Waals surface area contributed by atoms with Crippen LogP contribution in [0.3, 0.4) is 0 Å². The smallest absolute Gasteiger partial charge is 0.253 e. The van der Waals surface area contributed by atoms with E-state index in [0.717, 1.165) is 37.8 Å². The molecular formula is C21H24F2N2O3S. The lowest BCUT2D eigenvalue weighted by Crippen LogP contribution is -2.32. The van der Waals surface area contributed by atoms with Gasteiger partial charge >= 0.3 is 0 Å². The number of rotatable bonds is 5. The highest BCUT2D eigenvalue weighted by atomic mass is 32.2. The van der Waals surface area contributed by atoms with Gasteiger partial charge in [0.25, 0.3) is 5.91 Å². The summed E-state index contributed by atoms with van der Waals surface area (Å²) in [6.45, 7) is 0.989. The fourth-order valence-electron chi connectivity index (χ4n) is 3.40. The Hall–Kier alpha value is -2.32. The number of hydrogen-bond acceptors (Lipinski definition) is 3. The van der Waals surface area contributed by atoms with Crippen molar-refractivity contribution < 1.29 is 22.0 Å². The Morgan fingerprint density at radius 2 is 1.62 bits per heavy atom. The van der Waals surface area contributed by atoms with Gasteiger partial charge in [-0.1, -0.05) is 18.9 Å². The minimum atomic E-state index is -3.58. The summed E-state index contributed by atoms with van der Waals surface area (Å²) < 4.78 is 54.0. The van der Waals surface area contributed by atoms with E-state index in [1.54, 1.807) is 0 Å². The molecule has 0 N–H and O–H groups in total. The lowest BCUT2D eigenvalue weighted by Gasteiger charge is -2.20. The van der Waals surface area contributed by atoms with Gasteiger partial charge < -0.3 is 4.90 Å². The Bertz CT molecular complexity index is 970. The van der Waals surface area contributed by atoms with E-state index in [2.05, 4.69) is 0 Å². The van der Waals surface area contributed by atoms with E-state index in [1.165, 1.54) is 46.6 Å². The van der Waals surface area contributed by atoms with E-state index in [9.17, 15) is 22.0 Å². The van der Waals surface area contributed by atoms with Crippen LogP contribution in [0, 0.1) is 11.6 Å². The van der Waals surface area contributed by atoms with Gasteiger partial charge in [-0.15, -0.1) is 0 Å². The first-order valence-corrected chi connectivity index (χ1v) is 11.0. The molecule has 1 fully saturated rings. The third-order valence-electron chi connectivity index (χ3n) is 5.07. The van der Waals surface area contributed by atoms with Gasteiger partial charge in [0.1, 0.15) is 11.6 Å². The fourth-order valence-corrected chi connectivity index (χ4v) is 4.92. The minimum Gasteiger partial charge on any atom is -0.337 e. The molecule has 29 heavy (non-hydrogen) atoms. The Balaban J connectivity index is 1.72. The van der Waals surface area contributed by atoms with Gasteiger partial charge in [-0.05, 0) is 43.2 Å². The largest absolute Gasteiger partial charge is 0.337 e. The van der Waals surface area contributed by atoms with Gasteiger partial charge in [0, 0.05) is 43.9 Å². The van der Waals surface area contributed by atoms with Crippen LogP contribution in [0.4, 0.5) is 8.78 Å². The lowest BCUT2D eigenvalue weighted by molar-refractivity contribution is 0.0783. The molecule has 1 heterocycles. The number of carbonyl (C=O) groups is 1. The number of amides is 1. The van der Waals surface area contributed by atoms with Crippen molar-refractivity contribution in [2.24, 2.45) is 0 Å². The first kappa shape index (κ1) is 21.4. The van der Waals surface area contributed by atoms with Crippen LogP contribution < -0.4 is 0 Å². The van der Waals surface area contributed by atoms with Crippen molar-refractivity contribution in [2.75, 3.05) is 20.1 Å². The standard InChI is InChI=1S/C21H24F2N2O3S/c1-24(15-17-6-9-18(22)14-20(17)23)21(26)16-7-10-19(11-8-16)29(27,28)25-12-4-2-3-5-13-25/h6-11,14H,2-5,12-13,15H2,1H3. The van der Waals surface area contributed by atoms with Crippen LogP contribution in [0.5, 0.6) is 0 Å². The van der Waals surface area contributed by atoms with Crippen molar-refractivity contribution in [3.8, 4) is 0 Å².